The molecule has 20 heavy (non-hydrogen) atoms. The fourth-order valence-electron chi connectivity index (χ4n) is 1.80. The number of halogens is 1. The number of nitrogens with zero attached hydrogens (tertiary/aromatic N) is 1. The Balaban J connectivity index is 0.00000361. The van der Waals surface area contributed by atoms with E-state index in [0.29, 0.717) is 19.1 Å². The molecule has 5 nitrogen and oxygen atoms in total. The molecule has 0 aromatic heterocycles. The SMILES string of the molecule is COCC(C)NC(N)=NCc1cc(C)cc(OC)c1.I. The number of benzene rings is 1. The molecule has 0 heterocycles. The van der Waals surface area contributed by atoms with Crippen LogP contribution in [0.25, 0.3) is 0 Å². The van der Waals surface area contributed by atoms with E-state index in [4.69, 9.17) is 15.2 Å². The Bertz CT molecular complexity index is 438. The van der Waals surface area contributed by atoms with Gasteiger partial charge in [-0.05, 0) is 37.1 Å². The van der Waals surface area contributed by atoms with Crippen LogP contribution in [0.3, 0.4) is 0 Å². The minimum Gasteiger partial charge on any atom is -0.497 e. The number of guanidine groups is 1. The van der Waals surface area contributed by atoms with Gasteiger partial charge < -0.3 is 20.5 Å². The van der Waals surface area contributed by atoms with E-state index >= 15 is 0 Å². The topological polar surface area (TPSA) is 68.9 Å². The van der Waals surface area contributed by atoms with Crippen molar-refractivity contribution >= 4 is 29.9 Å². The van der Waals surface area contributed by atoms with Gasteiger partial charge in [-0.25, -0.2) is 4.99 Å². The van der Waals surface area contributed by atoms with Gasteiger partial charge in [0, 0.05) is 13.2 Å². The van der Waals surface area contributed by atoms with E-state index < -0.39 is 0 Å². The van der Waals surface area contributed by atoms with Crippen molar-refractivity contribution in [2.24, 2.45) is 10.7 Å². The summed E-state index contributed by atoms with van der Waals surface area (Å²) < 4.78 is 10.3. The maximum absolute atomic E-state index is 5.81. The van der Waals surface area contributed by atoms with E-state index in [9.17, 15) is 0 Å². The van der Waals surface area contributed by atoms with E-state index in [1.165, 1.54) is 0 Å². The summed E-state index contributed by atoms with van der Waals surface area (Å²) in [5, 5.41) is 3.07. The molecule has 0 fully saturated rings. The molecule has 0 radical (unpaired) electrons. The lowest BCUT2D eigenvalue weighted by atomic mass is 10.1. The van der Waals surface area contributed by atoms with Gasteiger partial charge in [-0.1, -0.05) is 6.07 Å². The molecule has 0 amide bonds. The van der Waals surface area contributed by atoms with Crippen LogP contribution in [0.5, 0.6) is 5.75 Å². The van der Waals surface area contributed by atoms with Crippen molar-refractivity contribution in [1.29, 1.82) is 0 Å². The summed E-state index contributed by atoms with van der Waals surface area (Å²) in [6.07, 6.45) is 0. The molecule has 1 aromatic carbocycles. The molecule has 0 saturated carbocycles. The van der Waals surface area contributed by atoms with E-state index in [1.807, 2.05) is 26.0 Å². The van der Waals surface area contributed by atoms with E-state index in [0.717, 1.165) is 16.9 Å². The van der Waals surface area contributed by atoms with Crippen LogP contribution in [-0.2, 0) is 11.3 Å². The third-order valence-electron chi connectivity index (χ3n) is 2.59. The first-order valence-electron chi connectivity index (χ1n) is 6.25. The summed E-state index contributed by atoms with van der Waals surface area (Å²) in [6.45, 7) is 5.13. The Morgan fingerprint density at radius 1 is 1.35 bits per heavy atom. The Morgan fingerprint density at radius 2 is 2.05 bits per heavy atom. The smallest absolute Gasteiger partial charge is 0.189 e. The third kappa shape index (κ3) is 6.95. The van der Waals surface area contributed by atoms with Crippen molar-refractivity contribution in [3.8, 4) is 5.75 Å². The largest absolute Gasteiger partial charge is 0.497 e. The number of aryl methyl sites for hydroxylation is 1. The fourth-order valence-corrected chi connectivity index (χ4v) is 1.80. The first-order valence-corrected chi connectivity index (χ1v) is 6.25. The van der Waals surface area contributed by atoms with Crippen LogP contribution in [0.15, 0.2) is 23.2 Å². The van der Waals surface area contributed by atoms with Crippen LogP contribution < -0.4 is 15.8 Å². The zero-order chi connectivity index (χ0) is 14.3. The summed E-state index contributed by atoms with van der Waals surface area (Å²) in [7, 11) is 3.31. The van der Waals surface area contributed by atoms with Crippen molar-refractivity contribution in [1.82, 2.24) is 5.32 Å². The van der Waals surface area contributed by atoms with Crippen molar-refractivity contribution in [3.05, 3.63) is 29.3 Å². The number of ether oxygens (including phenoxy) is 2. The van der Waals surface area contributed by atoms with E-state index in [2.05, 4.69) is 16.4 Å². The first kappa shape index (κ1) is 19.0. The van der Waals surface area contributed by atoms with Crippen LogP contribution in [0.1, 0.15) is 18.1 Å². The van der Waals surface area contributed by atoms with Crippen molar-refractivity contribution in [3.63, 3.8) is 0 Å². The van der Waals surface area contributed by atoms with Crippen LogP contribution in [0, 0.1) is 6.92 Å². The van der Waals surface area contributed by atoms with Gasteiger partial charge in [0.15, 0.2) is 5.96 Å². The Hall–Kier alpha value is -1.02. The molecule has 6 heteroatoms. The number of nitrogens with two attached hydrogens (primary N) is 1. The van der Waals surface area contributed by atoms with E-state index in [1.54, 1.807) is 14.2 Å². The molecule has 0 saturated heterocycles. The Kier molecular flexibility index (Phi) is 9.32. The molecular formula is C14H24IN3O2. The van der Waals surface area contributed by atoms with E-state index in [-0.39, 0.29) is 30.0 Å². The predicted octanol–water partition coefficient (Wildman–Crippen LogP) is 2.06. The summed E-state index contributed by atoms with van der Waals surface area (Å²) in [5.74, 6) is 1.26. The maximum Gasteiger partial charge on any atom is 0.189 e. The zero-order valence-corrected chi connectivity index (χ0v) is 14.8. The van der Waals surface area contributed by atoms with Gasteiger partial charge in [-0.15, -0.1) is 24.0 Å². The number of hydrogen-bond acceptors (Lipinski definition) is 3. The standard InChI is InChI=1S/C14H23N3O2.HI/c1-10-5-12(7-13(6-10)19-4)8-16-14(15)17-11(2)9-18-3;/h5-7,11H,8-9H2,1-4H3,(H3,15,16,17);1H. The Labute approximate surface area is 138 Å². The molecule has 1 rings (SSSR count). The van der Waals surface area contributed by atoms with Crippen LogP contribution >= 0.6 is 24.0 Å². The maximum atomic E-state index is 5.81. The van der Waals surface area contributed by atoms with Crippen molar-refractivity contribution in [2.75, 3.05) is 20.8 Å². The lowest BCUT2D eigenvalue weighted by Crippen LogP contribution is -2.40. The summed E-state index contributed by atoms with van der Waals surface area (Å²) in [4.78, 5) is 4.31. The number of nitrogens with one attached hydrogen (secondary N) is 1. The molecule has 0 aliphatic carbocycles. The van der Waals surface area contributed by atoms with Crippen LogP contribution in [0.4, 0.5) is 0 Å². The summed E-state index contributed by atoms with van der Waals surface area (Å²) in [5.41, 5.74) is 8.03. The second-order valence-corrected chi connectivity index (χ2v) is 4.56. The lowest BCUT2D eigenvalue weighted by Gasteiger charge is -2.13. The third-order valence-corrected chi connectivity index (χ3v) is 2.59. The summed E-state index contributed by atoms with van der Waals surface area (Å²) in [6, 6.07) is 6.15. The summed E-state index contributed by atoms with van der Waals surface area (Å²) >= 11 is 0. The van der Waals surface area contributed by atoms with Gasteiger partial charge in [-0.3, -0.25) is 0 Å². The molecule has 3 N–H and O–H groups in total. The highest BCUT2D eigenvalue weighted by atomic mass is 127. The molecule has 114 valence electrons. The van der Waals surface area contributed by atoms with Crippen molar-refractivity contribution in [2.45, 2.75) is 26.4 Å². The minimum atomic E-state index is 0. The number of rotatable bonds is 6. The molecule has 0 spiro atoms. The van der Waals surface area contributed by atoms with Gasteiger partial charge in [0.2, 0.25) is 0 Å². The highest BCUT2D eigenvalue weighted by Gasteiger charge is 2.02. The average molecular weight is 393 g/mol. The first-order chi connectivity index (χ1) is 9.05. The molecule has 0 bridgehead atoms. The second kappa shape index (κ2) is 9.82. The number of methoxy groups -OCH3 is 2. The van der Waals surface area contributed by atoms with Gasteiger partial charge in [0.25, 0.3) is 0 Å². The lowest BCUT2D eigenvalue weighted by molar-refractivity contribution is 0.179. The molecule has 1 atom stereocenters. The zero-order valence-electron chi connectivity index (χ0n) is 12.5. The van der Waals surface area contributed by atoms with Gasteiger partial charge >= 0.3 is 0 Å². The fraction of sp³-hybridized carbons (Fsp3) is 0.500. The predicted molar refractivity (Wildman–Crippen MR) is 92.9 cm³/mol. The molecular weight excluding hydrogens is 369 g/mol. The second-order valence-electron chi connectivity index (χ2n) is 4.56. The highest BCUT2D eigenvalue weighted by molar-refractivity contribution is 14.0. The quantitative estimate of drug-likeness (QED) is 0.441. The normalized spacial score (nSPS) is 12.5. The average Bonchev–Trinajstić information content (AvgIpc) is 2.36. The molecule has 0 aliphatic heterocycles. The van der Waals surface area contributed by atoms with Crippen LogP contribution in [0.2, 0.25) is 0 Å². The Morgan fingerprint density at radius 3 is 2.65 bits per heavy atom. The molecule has 1 aromatic rings. The number of aliphatic imine (C=N–C) groups is 1. The molecule has 0 aliphatic rings. The van der Waals surface area contributed by atoms with Gasteiger partial charge in [0.1, 0.15) is 5.75 Å². The number of hydrogen-bond donors (Lipinski definition) is 2. The highest BCUT2D eigenvalue weighted by Crippen LogP contribution is 2.16. The van der Waals surface area contributed by atoms with Gasteiger partial charge in [-0.2, -0.15) is 0 Å². The van der Waals surface area contributed by atoms with Gasteiger partial charge in [0.05, 0.1) is 20.3 Å². The van der Waals surface area contributed by atoms with Crippen molar-refractivity contribution < 1.29 is 9.47 Å². The van der Waals surface area contributed by atoms with Crippen LogP contribution in [-0.4, -0.2) is 32.8 Å². The molecule has 1 unspecified atom stereocenters. The monoisotopic (exact) mass is 393 g/mol. The minimum absolute atomic E-state index is 0.